The Labute approximate surface area is 200 Å². The highest BCUT2D eigenvalue weighted by molar-refractivity contribution is 5.94. The molecule has 0 spiro atoms. The van der Waals surface area contributed by atoms with Crippen molar-refractivity contribution >= 4 is 17.5 Å². The Morgan fingerprint density at radius 3 is 2.68 bits per heavy atom. The molecular weight excluding hydrogens is 428 g/mol. The van der Waals surface area contributed by atoms with Crippen LogP contribution in [0.4, 0.5) is 11.6 Å². The Morgan fingerprint density at radius 1 is 1.18 bits per heavy atom. The molecule has 3 aromatic rings. The molecule has 1 fully saturated rings. The molecule has 1 atom stereocenters. The standard InChI is InChI=1S/C26H32N6O2/c1-17(18-5-6-18)32(3)25-10-9-21(15-29-25)22-14-24(31-16-30-22)28-12-11-19-7-8-20(26(33)27-2)13-23(19)34-4/h7-10,13-18H,5-6,11-12H2,1-4H3,(H,27,33)(H,28,30,31). The number of carbonyl (C=O) groups is 1. The number of hydrogen-bond acceptors (Lipinski definition) is 7. The maximum absolute atomic E-state index is 11.9. The molecule has 1 aliphatic carbocycles. The summed E-state index contributed by atoms with van der Waals surface area (Å²) in [7, 11) is 5.33. The lowest BCUT2D eigenvalue weighted by molar-refractivity contribution is 0.0962. The van der Waals surface area contributed by atoms with Crippen LogP contribution in [0.1, 0.15) is 35.7 Å². The second kappa shape index (κ2) is 10.5. The smallest absolute Gasteiger partial charge is 0.251 e. The predicted octanol–water partition coefficient (Wildman–Crippen LogP) is 3.80. The van der Waals surface area contributed by atoms with Crippen LogP contribution in [-0.2, 0) is 6.42 Å². The highest BCUT2D eigenvalue weighted by Crippen LogP contribution is 2.36. The van der Waals surface area contributed by atoms with Crippen molar-refractivity contribution in [3.8, 4) is 17.0 Å². The fourth-order valence-electron chi connectivity index (χ4n) is 4.02. The van der Waals surface area contributed by atoms with Crippen LogP contribution in [0, 0.1) is 5.92 Å². The van der Waals surface area contributed by atoms with Gasteiger partial charge in [0.2, 0.25) is 0 Å². The number of benzene rings is 1. The van der Waals surface area contributed by atoms with Gasteiger partial charge in [0.05, 0.1) is 12.8 Å². The third-order valence-electron chi connectivity index (χ3n) is 6.46. The lowest BCUT2D eigenvalue weighted by atomic mass is 10.1. The molecule has 34 heavy (non-hydrogen) atoms. The lowest BCUT2D eigenvalue weighted by Crippen LogP contribution is -2.31. The largest absolute Gasteiger partial charge is 0.496 e. The van der Waals surface area contributed by atoms with Crippen molar-refractivity contribution in [2.75, 3.05) is 38.0 Å². The number of ether oxygens (including phenoxy) is 1. The number of carbonyl (C=O) groups excluding carboxylic acids is 1. The molecule has 1 amide bonds. The monoisotopic (exact) mass is 460 g/mol. The van der Waals surface area contributed by atoms with E-state index in [0.717, 1.165) is 40.8 Å². The molecule has 8 nitrogen and oxygen atoms in total. The van der Waals surface area contributed by atoms with Gasteiger partial charge in [0.1, 0.15) is 23.7 Å². The SMILES string of the molecule is CNC(=O)c1ccc(CCNc2cc(-c3ccc(N(C)C(C)C4CC4)nc3)ncn2)c(OC)c1. The van der Waals surface area contributed by atoms with E-state index in [4.69, 9.17) is 4.74 Å². The number of pyridine rings is 1. The molecule has 1 aromatic carbocycles. The molecule has 178 valence electrons. The summed E-state index contributed by atoms with van der Waals surface area (Å²) in [5.74, 6) is 3.07. The number of rotatable bonds is 10. The summed E-state index contributed by atoms with van der Waals surface area (Å²) in [5.41, 5.74) is 3.36. The molecule has 0 bridgehead atoms. The van der Waals surface area contributed by atoms with Gasteiger partial charge in [-0.05, 0) is 61.9 Å². The Bertz CT molecular complexity index is 1130. The number of anilines is 2. The van der Waals surface area contributed by atoms with Crippen molar-refractivity contribution in [2.45, 2.75) is 32.2 Å². The predicted molar refractivity (Wildman–Crippen MR) is 134 cm³/mol. The molecule has 1 unspecified atom stereocenters. The number of aromatic nitrogens is 3. The minimum atomic E-state index is -0.136. The quantitative estimate of drug-likeness (QED) is 0.475. The van der Waals surface area contributed by atoms with E-state index in [-0.39, 0.29) is 5.91 Å². The van der Waals surface area contributed by atoms with Crippen LogP contribution in [0.2, 0.25) is 0 Å². The highest BCUT2D eigenvalue weighted by Gasteiger charge is 2.31. The number of amides is 1. The lowest BCUT2D eigenvalue weighted by Gasteiger charge is -2.25. The maximum Gasteiger partial charge on any atom is 0.251 e. The molecule has 0 radical (unpaired) electrons. The van der Waals surface area contributed by atoms with Gasteiger partial charge in [-0.25, -0.2) is 15.0 Å². The summed E-state index contributed by atoms with van der Waals surface area (Å²) < 4.78 is 5.47. The molecule has 0 saturated heterocycles. The van der Waals surface area contributed by atoms with E-state index in [1.54, 1.807) is 32.6 Å². The second-order valence-corrected chi connectivity index (χ2v) is 8.67. The van der Waals surface area contributed by atoms with Crippen LogP contribution >= 0.6 is 0 Å². The minimum absolute atomic E-state index is 0.136. The Kier molecular flexibility index (Phi) is 7.25. The van der Waals surface area contributed by atoms with Crippen molar-refractivity contribution in [1.82, 2.24) is 20.3 Å². The summed E-state index contributed by atoms with van der Waals surface area (Å²) in [4.78, 5) is 27.5. The van der Waals surface area contributed by atoms with Crippen molar-refractivity contribution in [1.29, 1.82) is 0 Å². The normalized spacial score (nSPS) is 13.8. The average molecular weight is 461 g/mol. The molecule has 2 N–H and O–H groups in total. The van der Waals surface area contributed by atoms with Gasteiger partial charge < -0.3 is 20.3 Å². The zero-order chi connectivity index (χ0) is 24.1. The van der Waals surface area contributed by atoms with E-state index >= 15 is 0 Å². The van der Waals surface area contributed by atoms with Gasteiger partial charge in [0.25, 0.3) is 5.91 Å². The second-order valence-electron chi connectivity index (χ2n) is 8.67. The van der Waals surface area contributed by atoms with E-state index in [9.17, 15) is 4.79 Å². The Balaban J connectivity index is 1.38. The Hall–Kier alpha value is -3.68. The zero-order valence-corrected chi connectivity index (χ0v) is 20.2. The van der Waals surface area contributed by atoms with Gasteiger partial charge in [0, 0.05) is 50.1 Å². The highest BCUT2D eigenvalue weighted by atomic mass is 16.5. The summed E-state index contributed by atoms with van der Waals surface area (Å²) in [6.07, 6.45) is 6.78. The van der Waals surface area contributed by atoms with E-state index in [1.807, 2.05) is 18.3 Å². The molecule has 1 aliphatic rings. The van der Waals surface area contributed by atoms with E-state index < -0.39 is 0 Å². The van der Waals surface area contributed by atoms with Crippen molar-refractivity contribution in [2.24, 2.45) is 5.92 Å². The third-order valence-corrected chi connectivity index (χ3v) is 6.46. The van der Waals surface area contributed by atoms with Crippen LogP contribution in [0.25, 0.3) is 11.3 Å². The molecule has 1 saturated carbocycles. The molecule has 0 aliphatic heterocycles. The van der Waals surface area contributed by atoms with Crippen LogP contribution in [0.3, 0.4) is 0 Å². The van der Waals surface area contributed by atoms with E-state index in [0.29, 0.717) is 23.9 Å². The minimum Gasteiger partial charge on any atom is -0.496 e. The average Bonchev–Trinajstić information content (AvgIpc) is 3.73. The summed E-state index contributed by atoms with van der Waals surface area (Å²) in [6, 6.07) is 12.0. The summed E-state index contributed by atoms with van der Waals surface area (Å²) in [6.45, 7) is 2.93. The van der Waals surface area contributed by atoms with Gasteiger partial charge in [-0.1, -0.05) is 6.07 Å². The van der Waals surface area contributed by atoms with Crippen LogP contribution in [-0.4, -0.2) is 54.7 Å². The van der Waals surface area contributed by atoms with Crippen LogP contribution in [0.5, 0.6) is 5.75 Å². The van der Waals surface area contributed by atoms with Crippen molar-refractivity contribution in [3.63, 3.8) is 0 Å². The third kappa shape index (κ3) is 5.44. The summed E-state index contributed by atoms with van der Waals surface area (Å²) >= 11 is 0. The van der Waals surface area contributed by atoms with Crippen LogP contribution in [0.15, 0.2) is 48.9 Å². The van der Waals surface area contributed by atoms with E-state index in [1.165, 1.54) is 12.8 Å². The van der Waals surface area contributed by atoms with Gasteiger partial charge in [-0.15, -0.1) is 0 Å². The maximum atomic E-state index is 11.9. The van der Waals surface area contributed by atoms with Crippen molar-refractivity contribution < 1.29 is 9.53 Å². The van der Waals surface area contributed by atoms with Crippen molar-refractivity contribution in [3.05, 3.63) is 60.0 Å². The first kappa shape index (κ1) is 23.5. The fourth-order valence-corrected chi connectivity index (χ4v) is 4.02. The summed E-state index contributed by atoms with van der Waals surface area (Å²) in [5, 5.41) is 5.98. The molecule has 2 aromatic heterocycles. The van der Waals surface area contributed by atoms with Gasteiger partial charge in [-0.3, -0.25) is 4.79 Å². The van der Waals surface area contributed by atoms with Gasteiger partial charge in [0.15, 0.2) is 0 Å². The molecule has 4 rings (SSSR count). The zero-order valence-electron chi connectivity index (χ0n) is 20.2. The van der Waals surface area contributed by atoms with Gasteiger partial charge in [-0.2, -0.15) is 0 Å². The molecule has 8 heteroatoms. The number of hydrogen-bond donors (Lipinski definition) is 2. The first-order valence-electron chi connectivity index (χ1n) is 11.6. The number of nitrogens with zero attached hydrogens (tertiary/aromatic N) is 4. The van der Waals surface area contributed by atoms with E-state index in [2.05, 4.69) is 56.6 Å². The topological polar surface area (TPSA) is 92.3 Å². The number of nitrogens with one attached hydrogen (secondary N) is 2. The fraction of sp³-hybridized carbons (Fsp3) is 0.385. The molecule has 2 heterocycles. The van der Waals surface area contributed by atoms with Gasteiger partial charge >= 0.3 is 0 Å². The van der Waals surface area contributed by atoms with Crippen LogP contribution < -0.4 is 20.3 Å². The Morgan fingerprint density at radius 2 is 2.00 bits per heavy atom. The first-order valence-corrected chi connectivity index (χ1v) is 11.6. The first-order chi connectivity index (χ1) is 16.5. The number of methoxy groups -OCH3 is 1. The molecular formula is C26H32N6O2.